The summed E-state index contributed by atoms with van der Waals surface area (Å²) >= 11 is 3.50. The fraction of sp³-hybridized carbons (Fsp3) is 0.444. The molecule has 2 heterocycles. The number of imidazole rings is 1. The molecular weight excluding hydrogens is 398 g/mol. The van der Waals surface area contributed by atoms with Gasteiger partial charge in [0.1, 0.15) is 11.3 Å². The Morgan fingerprint density at radius 1 is 1.31 bits per heavy atom. The first-order valence-corrected chi connectivity index (χ1v) is 9.60. The number of nitrogen functional groups attached to an aromatic ring is 1. The molecule has 0 amide bonds. The number of rotatable bonds is 8. The number of hydroxylamine groups is 2. The van der Waals surface area contributed by atoms with Gasteiger partial charge in [-0.15, -0.1) is 0 Å². The zero-order chi connectivity index (χ0) is 18.7. The molecule has 0 aliphatic rings. The molecule has 0 atom stereocenters. The van der Waals surface area contributed by atoms with Crippen molar-refractivity contribution in [2.45, 2.75) is 39.2 Å². The molecule has 0 spiro atoms. The van der Waals surface area contributed by atoms with Gasteiger partial charge in [0.05, 0.1) is 17.6 Å². The number of hydrogen-bond acceptors (Lipinski definition) is 6. The maximum atomic E-state index is 9.03. The molecule has 0 saturated carbocycles. The van der Waals surface area contributed by atoms with E-state index in [1.54, 1.807) is 0 Å². The van der Waals surface area contributed by atoms with Gasteiger partial charge in [-0.3, -0.25) is 10.0 Å². The van der Waals surface area contributed by atoms with Gasteiger partial charge in [-0.1, -0.05) is 28.1 Å². The predicted octanol–water partition coefficient (Wildman–Crippen LogP) is 3.91. The maximum Gasteiger partial charge on any atom is 0.152 e. The number of pyridine rings is 1. The minimum absolute atomic E-state index is 0.465. The average molecular weight is 422 g/mol. The summed E-state index contributed by atoms with van der Waals surface area (Å²) in [4.78, 5) is 14.4. The molecule has 0 aliphatic heterocycles. The third-order valence-corrected chi connectivity index (χ3v) is 4.77. The molecule has 8 heteroatoms. The van der Waals surface area contributed by atoms with E-state index >= 15 is 0 Å². The van der Waals surface area contributed by atoms with E-state index < -0.39 is 0 Å². The van der Waals surface area contributed by atoms with Crippen molar-refractivity contribution in [1.82, 2.24) is 19.8 Å². The van der Waals surface area contributed by atoms with Gasteiger partial charge in [0.2, 0.25) is 0 Å². The van der Waals surface area contributed by atoms with Crippen LogP contribution in [0.5, 0.6) is 0 Å². The lowest BCUT2D eigenvalue weighted by Crippen LogP contribution is -2.14. The van der Waals surface area contributed by atoms with Gasteiger partial charge in [-0.25, -0.2) is 9.97 Å². The van der Waals surface area contributed by atoms with Crippen LogP contribution in [0.2, 0.25) is 0 Å². The normalized spacial score (nSPS) is 11.9. The van der Waals surface area contributed by atoms with Gasteiger partial charge in [0.25, 0.3) is 0 Å². The SMILES string of the molecule is CCCc1nc2c(N)nc3cc(Br)ccc3c2n1CCCCON(C)O. The Morgan fingerprint density at radius 2 is 2.12 bits per heavy atom. The van der Waals surface area contributed by atoms with Crippen molar-refractivity contribution in [3.63, 3.8) is 0 Å². The lowest BCUT2D eigenvalue weighted by Gasteiger charge is -2.12. The summed E-state index contributed by atoms with van der Waals surface area (Å²) in [6.45, 7) is 3.44. The Kier molecular flexibility index (Phi) is 6.08. The summed E-state index contributed by atoms with van der Waals surface area (Å²) < 4.78 is 3.23. The molecule has 0 unspecified atom stereocenters. The molecular formula is C18H24BrN5O2. The first kappa shape index (κ1) is 19.0. The fourth-order valence-electron chi connectivity index (χ4n) is 3.16. The minimum atomic E-state index is 0.465. The highest BCUT2D eigenvalue weighted by atomic mass is 79.9. The van der Waals surface area contributed by atoms with Crippen LogP contribution in [-0.2, 0) is 17.8 Å². The zero-order valence-electron chi connectivity index (χ0n) is 15.1. The van der Waals surface area contributed by atoms with Crippen molar-refractivity contribution in [3.05, 3.63) is 28.5 Å². The number of hydrogen-bond donors (Lipinski definition) is 2. The van der Waals surface area contributed by atoms with Crippen molar-refractivity contribution >= 4 is 43.7 Å². The van der Waals surface area contributed by atoms with Gasteiger partial charge in [0.15, 0.2) is 5.82 Å². The first-order chi connectivity index (χ1) is 12.5. The van der Waals surface area contributed by atoms with Gasteiger partial charge >= 0.3 is 0 Å². The maximum absolute atomic E-state index is 9.03. The van der Waals surface area contributed by atoms with E-state index in [4.69, 9.17) is 20.8 Å². The van der Waals surface area contributed by atoms with E-state index in [0.717, 1.165) is 69.7 Å². The topological polar surface area (TPSA) is 89.4 Å². The van der Waals surface area contributed by atoms with E-state index in [1.165, 1.54) is 7.05 Å². The van der Waals surface area contributed by atoms with E-state index in [9.17, 15) is 0 Å². The van der Waals surface area contributed by atoms with Crippen LogP contribution in [0.15, 0.2) is 22.7 Å². The number of nitrogens with zero attached hydrogens (tertiary/aromatic N) is 4. The highest BCUT2D eigenvalue weighted by Gasteiger charge is 2.17. The number of nitrogens with two attached hydrogens (primary N) is 1. The van der Waals surface area contributed by atoms with Crippen molar-refractivity contribution in [2.24, 2.45) is 0 Å². The van der Waals surface area contributed by atoms with E-state index in [1.807, 2.05) is 12.1 Å². The molecule has 140 valence electrons. The zero-order valence-corrected chi connectivity index (χ0v) is 16.7. The molecule has 3 rings (SSSR count). The summed E-state index contributed by atoms with van der Waals surface area (Å²) in [5.41, 5.74) is 8.88. The van der Waals surface area contributed by atoms with Crippen LogP contribution in [0.3, 0.4) is 0 Å². The third kappa shape index (κ3) is 3.98. The largest absolute Gasteiger partial charge is 0.382 e. The number of aromatic nitrogens is 3. The molecule has 2 aromatic heterocycles. The Hall–Kier alpha value is -1.74. The van der Waals surface area contributed by atoms with E-state index in [2.05, 4.69) is 38.5 Å². The lowest BCUT2D eigenvalue weighted by molar-refractivity contribution is -0.323. The molecule has 0 bridgehead atoms. The molecule has 0 fully saturated rings. The Morgan fingerprint density at radius 3 is 2.85 bits per heavy atom. The number of benzene rings is 1. The molecule has 0 radical (unpaired) electrons. The Balaban J connectivity index is 2.00. The molecule has 3 N–H and O–H groups in total. The van der Waals surface area contributed by atoms with Gasteiger partial charge in [-0.05, 0) is 37.5 Å². The lowest BCUT2D eigenvalue weighted by atomic mass is 10.2. The summed E-state index contributed by atoms with van der Waals surface area (Å²) in [5, 5.41) is 10.8. The smallest absolute Gasteiger partial charge is 0.152 e. The molecule has 7 nitrogen and oxygen atoms in total. The van der Waals surface area contributed by atoms with Crippen LogP contribution < -0.4 is 5.73 Å². The molecule has 0 saturated heterocycles. The highest BCUT2D eigenvalue weighted by molar-refractivity contribution is 9.10. The van der Waals surface area contributed by atoms with Crippen LogP contribution in [0.1, 0.15) is 32.0 Å². The van der Waals surface area contributed by atoms with Gasteiger partial charge < -0.3 is 10.3 Å². The third-order valence-electron chi connectivity index (χ3n) is 4.27. The van der Waals surface area contributed by atoms with Crippen LogP contribution in [-0.4, -0.2) is 38.6 Å². The predicted molar refractivity (Wildman–Crippen MR) is 106 cm³/mol. The summed E-state index contributed by atoms with van der Waals surface area (Å²) in [6.07, 6.45) is 3.65. The minimum Gasteiger partial charge on any atom is -0.382 e. The summed E-state index contributed by atoms with van der Waals surface area (Å²) in [5.74, 6) is 1.50. The Bertz CT molecular complexity index is 910. The summed E-state index contributed by atoms with van der Waals surface area (Å²) in [6, 6.07) is 6.06. The molecule has 3 aromatic rings. The number of anilines is 1. The van der Waals surface area contributed by atoms with Crippen molar-refractivity contribution in [1.29, 1.82) is 0 Å². The quantitative estimate of drug-likeness (QED) is 0.423. The van der Waals surface area contributed by atoms with Crippen molar-refractivity contribution in [3.8, 4) is 0 Å². The van der Waals surface area contributed by atoms with Crippen LogP contribution in [0.4, 0.5) is 5.82 Å². The fourth-order valence-corrected chi connectivity index (χ4v) is 3.50. The number of fused-ring (bicyclic) bond motifs is 3. The van der Waals surface area contributed by atoms with Crippen LogP contribution in [0.25, 0.3) is 21.9 Å². The second kappa shape index (κ2) is 8.30. The monoisotopic (exact) mass is 421 g/mol. The number of unbranched alkanes of at least 4 members (excludes halogenated alkanes) is 1. The van der Waals surface area contributed by atoms with Gasteiger partial charge in [0, 0.05) is 29.9 Å². The second-order valence-electron chi connectivity index (χ2n) is 6.29. The molecule has 26 heavy (non-hydrogen) atoms. The molecule has 0 aliphatic carbocycles. The van der Waals surface area contributed by atoms with E-state index in [0.29, 0.717) is 12.4 Å². The molecule has 1 aromatic carbocycles. The second-order valence-corrected chi connectivity index (χ2v) is 7.21. The highest BCUT2D eigenvalue weighted by Crippen LogP contribution is 2.31. The summed E-state index contributed by atoms with van der Waals surface area (Å²) in [7, 11) is 1.46. The van der Waals surface area contributed by atoms with Crippen molar-refractivity contribution in [2.75, 3.05) is 19.4 Å². The van der Waals surface area contributed by atoms with Crippen LogP contribution in [0, 0.1) is 0 Å². The Labute approximate surface area is 160 Å². The number of aryl methyl sites for hydroxylation is 2. The number of halogens is 1. The van der Waals surface area contributed by atoms with Crippen molar-refractivity contribution < 1.29 is 10.0 Å². The van der Waals surface area contributed by atoms with Gasteiger partial charge in [-0.2, -0.15) is 0 Å². The first-order valence-electron chi connectivity index (χ1n) is 8.80. The average Bonchev–Trinajstić information content (AvgIpc) is 2.94. The van der Waals surface area contributed by atoms with E-state index in [-0.39, 0.29) is 0 Å². The standard InChI is InChI=1S/C18H24BrN5O2/c1-3-6-15-22-16-17(24(15)9-4-5-10-26-23(2)25)13-8-7-12(19)11-14(13)21-18(16)20/h7-8,11,25H,3-6,9-10H2,1-2H3,(H2,20,21). The van der Waals surface area contributed by atoms with Crippen LogP contribution >= 0.6 is 15.9 Å².